The van der Waals surface area contributed by atoms with E-state index in [0.717, 1.165) is 12.5 Å². The number of ether oxygens (including phenoxy) is 1. The molecule has 100 valence electrons. The molecule has 1 N–H and O–H groups in total. The summed E-state index contributed by atoms with van der Waals surface area (Å²) in [4.78, 5) is -0.0479. The Hall–Kier alpha value is -0.980. The van der Waals surface area contributed by atoms with Crippen LogP contribution in [0.4, 0.5) is 4.39 Å². The summed E-state index contributed by atoms with van der Waals surface area (Å²) >= 11 is 0. The second-order valence-corrected chi connectivity index (χ2v) is 6.20. The fourth-order valence-corrected chi connectivity index (χ4v) is 3.33. The van der Waals surface area contributed by atoms with Crippen LogP contribution in [0.1, 0.15) is 13.3 Å². The first kappa shape index (κ1) is 13.5. The van der Waals surface area contributed by atoms with E-state index in [-0.39, 0.29) is 16.9 Å². The maximum Gasteiger partial charge on any atom is 0.240 e. The standard InChI is InChI=1S/C12H16FNO3S/c1-9(10-5-6-17-8-10)14-18(15,16)12-4-2-3-11(13)7-12/h2-4,7,9-10,14H,5-6,8H2,1H3. The van der Waals surface area contributed by atoms with E-state index in [2.05, 4.69) is 4.72 Å². The fraction of sp³-hybridized carbons (Fsp3) is 0.500. The van der Waals surface area contributed by atoms with Crippen LogP contribution in [0.2, 0.25) is 0 Å². The summed E-state index contributed by atoms with van der Waals surface area (Å²) in [6.45, 7) is 3.03. The quantitative estimate of drug-likeness (QED) is 0.905. The first-order chi connectivity index (χ1) is 8.49. The van der Waals surface area contributed by atoms with Gasteiger partial charge in [-0.3, -0.25) is 0 Å². The van der Waals surface area contributed by atoms with E-state index in [0.29, 0.717) is 13.2 Å². The molecule has 1 heterocycles. The molecule has 0 radical (unpaired) electrons. The minimum absolute atomic E-state index is 0.0479. The average molecular weight is 273 g/mol. The van der Waals surface area contributed by atoms with Gasteiger partial charge < -0.3 is 4.74 Å². The lowest BCUT2D eigenvalue weighted by molar-refractivity contribution is 0.180. The van der Waals surface area contributed by atoms with Crippen LogP contribution in [0.5, 0.6) is 0 Å². The highest BCUT2D eigenvalue weighted by molar-refractivity contribution is 7.89. The van der Waals surface area contributed by atoms with Crippen molar-refractivity contribution in [3.63, 3.8) is 0 Å². The molecule has 4 nitrogen and oxygen atoms in total. The third kappa shape index (κ3) is 3.07. The molecule has 2 rings (SSSR count). The molecular formula is C12H16FNO3S. The highest BCUT2D eigenvalue weighted by Crippen LogP contribution is 2.19. The largest absolute Gasteiger partial charge is 0.381 e. The number of hydrogen-bond donors (Lipinski definition) is 1. The molecule has 1 aliphatic rings. The van der Waals surface area contributed by atoms with Crippen molar-refractivity contribution in [2.24, 2.45) is 5.92 Å². The van der Waals surface area contributed by atoms with Gasteiger partial charge in [0.2, 0.25) is 10.0 Å². The van der Waals surface area contributed by atoms with Gasteiger partial charge in [0.25, 0.3) is 0 Å². The Balaban J connectivity index is 2.11. The maximum atomic E-state index is 13.0. The van der Waals surface area contributed by atoms with Crippen LogP contribution in [-0.4, -0.2) is 27.7 Å². The average Bonchev–Trinajstić information content (AvgIpc) is 2.82. The molecule has 0 aliphatic carbocycles. The van der Waals surface area contributed by atoms with Crippen molar-refractivity contribution < 1.29 is 17.5 Å². The Bertz CT molecular complexity index is 512. The van der Waals surface area contributed by atoms with Crippen molar-refractivity contribution in [3.05, 3.63) is 30.1 Å². The third-order valence-corrected chi connectivity index (χ3v) is 4.68. The molecule has 0 bridgehead atoms. The van der Waals surface area contributed by atoms with Crippen LogP contribution in [0, 0.1) is 11.7 Å². The predicted octanol–water partition coefficient (Wildman–Crippen LogP) is 1.53. The highest BCUT2D eigenvalue weighted by atomic mass is 32.2. The van der Waals surface area contributed by atoms with E-state index in [9.17, 15) is 12.8 Å². The molecule has 0 amide bonds. The van der Waals surface area contributed by atoms with Crippen LogP contribution < -0.4 is 4.72 Å². The molecule has 18 heavy (non-hydrogen) atoms. The van der Waals surface area contributed by atoms with Gasteiger partial charge in [0.1, 0.15) is 5.82 Å². The number of halogens is 1. The van der Waals surface area contributed by atoms with E-state index in [1.807, 2.05) is 0 Å². The zero-order valence-electron chi connectivity index (χ0n) is 10.1. The van der Waals surface area contributed by atoms with E-state index < -0.39 is 15.8 Å². The molecule has 1 saturated heterocycles. The lowest BCUT2D eigenvalue weighted by atomic mass is 10.0. The fourth-order valence-electron chi connectivity index (χ4n) is 1.99. The summed E-state index contributed by atoms with van der Waals surface area (Å²) in [7, 11) is -3.67. The molecule has 6 heteroatoms. The van der Waals surface area contributed by atoms with Crippen molar-refractivity contribution in [1.82, 2.24) is 4.72 Å². The molecule has 2 atom stereocenters. The molecule has 0 saturated carbocycles. The molecule has 1 aromatic carbocycles. The van der Waals surface area contributed by atoms with Crippen LogP contribution in [0.15, 0.2) is 29.2 Å². The van der Waals surface area contributed by atoms with Crippen molar-refractivity contribution in [2.75, 3.05) is 13.2 Å². The van der Waals surface area contributed by atoms with Gasteiger partial charge in [-0.2, -0.15) is 0 Å². The normalized spacial score (nSPS) is 22.0. The van der Waals surface area contributed by atoms with Crippen molar-refractivity contribution in [1.29, 1.82) is 0 Å². The second kappa shape index (κ2) is 5.34. The van der Waals surface area contributed by atoms with Gasteiger partial charge >= 0.3 is 0 Å². The monoisotopic (exact) mass is 273 g/mol. The summed E-state index contributed by atoms with van der Waals surface area (Å²) in [5.74, 6) is -0.386. The highest BCUT2D eigenvalue weighted by Gasteiger charge is 2.26. The Morgan fingerprint density at radius 1 is 1.50 bits per heavy atom. The Morgan fingerprint density at radius 2 is 2.28 bits per heavy atom. The first-order valence-electron chi connectivity index (χ1n) is 5.85. The Morgan fingerprint density at radius 3 is 2.89 bits per heavy atom. The lowest BCUT2D eigenvalue weighted by Gasteiger charge is -2.19. The summed E-state index contributed by atoms with van der Waals surface area (Å²) in [5.41, 5.74) is 0. The molecule has 2 unspecified atom stereocenters. The number of hydrogen-bond acceptors (Lipinski definition) is 3. The number of rotatable bonds is 4. The Labute approximate surface area is 106 Å². The summed E-state index contributed by atoms with van der Waals surface area (Å²) < 4.78 is 44.9. The minimum Gasteiger partial charge on any atom is -0.381 e. The topological polar surface area (TPSA) is 55.4 Å². The van der Waals surface area contributed by atoms with E-state index in [4.69, 9.17) is 4.74 Å². The second-order valence-electron chi connectivity index (χ2n) is 4.49. The molecule has 0 spiro atoms. The maximum absolute atomic E-state index is 13.0. The molecule has 1 fully saturated rings. The summed E-state index contributed by atoms with van der Waals surface area (Å²) in [5, 5.41) is 0. The van der Waals surface area contributed by atoms with Gasteiger partial charge in [0.05, 0.1) is 11.5 Å². The van der Waals surface area contributed by atoms with Gasteiger partial charge in [-0.15, -0.1) is 0 Å². The van der Waals surface area contributed by atoms with Gasteiger partial charge in [0.15, 0.2) is 0 Å². The third-order valence-electron chi connectivity index (χ3n) is 3.12. The molecule has 1 aliphatic heterocycles. The van der Waals surface area contributed by atoms with Crippen molar-refractivity contribution >= 4 is 10.0 Å². The predicted molar refractivity (Wildman–Crippen MR) is 65.1 cm³/mol. The zero-order valence-corrected chi connectivity index (χ0v) is 10.9. The van der Waals surface area contributed by atoms with Crippen molar-refractivity contribution in [2.45, 2.75) is 24.3 Å². The van der Waals surface area contributed by atoms with Crippen LogP contribution >= 0.6 is 0 Å². The van der Waals surface area contributed by atoms with Crippen LogP contribution in [0.25, 0.3) is 0 Å². The van der Waals surface area contributed by atoms with Crippen LogP contribution in [-0.2, 0) is 14.8 Å². The minimum atomic E-state index is -3.67. The van der Waals surface area contributed by atoms with Crippen molar-refractivity contribution in [3.8, 4) is 0 Å². The molecular weight excluding hydrogens is 257 g/mol. The van der Waals surface area contributed by atoms with E-state index >= 15 is 0 Å². The number of nitrogens with one attached hydrogen (secondary N) is 1. The lowest BCUT2D eigenvalue weighted by Crippen LogP contribution is -2.38. The number of sulfonamides is 1. The number of benzene rings is 1. The zero-order chi connectivity index (χ0) is 13.2. The molecule has 0 aromatic heterocycles. The first-order valence-corrected chi connectivity index (χ1v) is 7.33. The van der Waals surface area contributed by atoms with Gasteiger partial charge in [-0.1, -0.05) is 6.07 Å². The summed E-state index contributed by atoms with van der Waals surface area (Å²) in [6, 6.07) is 4.77. The van der Waals surface area contributed by atoms with Crippen LogP contribution in [0.3, 0.4) is 0 Å². The van der Waals surface area contributed by atoms with Gasteiger partial charge in [0, 0.05) is 18.6 Å². The summed E-state index contributed by atoms with van der Waals surface area (Å²) in [6.07, 6.45) is 0.840. The Kier molecular flexibility index (Phi) is 3.99. The van der Waals surface area contributed by atoms with E-state index in [1.165, 1.54) is 18.2 Å². The van der Waals surface area contributed by atoms with Gasteiger partial charge in [-0.25, -0.2) is 17.5 Å². The SMILES string of the molecule is CC(NS(=O)(=O)c1cccc(F)c1)C1CCOC1. The van der Waals surface area contributed by atoms with E-state index in [1.54, 1.807) is 6.92 Å². The van der Waals surface area contributed by atoms with Gasteiger partial charge in [-0.05, 0) is 31.5 Å². The molecule has 1 aromatic rings. The smallest absolute Gasteiger partial charge is 0.240 e.